The van der Waals surface area contributed by atoms with Crippen LogP contribution in [0.25, 0.3) is 0 Å². The summed E-state index contributed by atoms with van der Waals surface area (Å²) in [6.45, 7) is 3.68. The number of likely N-dealkylation sites (tertiary alicyclic amines) is 1. The Morgan fingerprint density at radius 3 is 2.31 bits per heavy atom. The molecule has 1 aromatic carbocycles. The Morgan fingerprint density at radius 1 is 0.962 bits per heavy atom. The molecule has 2 aromatic rings. The molecule has 2 aliphatic rings. The monoisotopic (exact) mass is 351 g/mol. The van der Waals surface area contributed by atoms with Crippen molar-refractivity contribution in [1.82, 2.24) is 15.1 Å². The Hall–Kier alpha value is -2.80. The van der Waals surface area contributed by atoms with E-state index in [0.29, 0.717) is 23.5 Å². The van der Waals surface area contributed by atoms with Gasteiger partial charge < -0.3 is 16.0 Å². The van der Waals surface area contributed by atoms with Gasteiger partial charge in [-0.15, -0.1) is 10.2 Å². The maximum Gasteiger partial charge on any atom is 0.198 e. The van der Waals surface area contributed by atoms with Gasteiger partial charge in [-0.1, -0.05) is 30.7 Å². The second-order valence-electron chi connectivity index (χ2n) is 6.72. The van der Waals surface area contributed by atoms with E-state index >= 15 is 0 Å². The number of ketones is 2. The quantitative estimate of drug-likeness (QED) is 0.738. The first kappa shape index (κ1) is 16.7. The summed E-state index contributed by atoms with van der Waals surface area (Å²) >= 11 is 0. The number of hydrogen-bond donors (Lipinski definition) is 2. The Morgan fingerprint density at radius 2 is 1.62 bits per heavy atom. The Kier molecular flexibility index (Phi) is 4.38. The van der Waals surface area contributed by atoms with Crippen molar-refractivity contribution >= 4 is 23.2 Å². The van der Waals surface area contributed by atoms with Gasteiger partial charge in [0.25, 0.3) is 0 Å². The fraction of sp³-hybridized carbons (Fsp3) is 0.368. The van der Waals surface area contributed by atoms with Crippen LogP contribution in [0.15, 0.2) is 24.3 Å². The molecule has 26 heavy (non-hydrogen) atoms. The predicted molar refractivity (Wildman–Crippen MR) is 98.5 cm³/mol. The number of nitrogen functional groups attached to an aromatic ring is 1. The smallest absolute Gasteiger partial charge is 0.198 e. The SMILES string of the molecule is Nc1nnc(NCCN2CCCCC2)c2c1C(=O)c1ccccc1C2=O. The predicted octanol–water partition coefficient (Wildman–Crippen LogP) is 1.73. The van der Waals surface area contributed by atoms with E-state index in [1.54, 1.807) is 24.3 Å². The number of nitrogens with two attached hydrogens (primary N) is 1. The largest absolute Gasteiger partial charge is 0.382 e. The summed E-state index contributed by atoms with van der Waals surface area (Å²) < 4.78 is 0. The highest BCUT2D eigenvalue weighted by molar-refractivity contribution is 6.31. The zero-order valence-electron chi connectivity index (χ0n) is 14.5. The van der Waals surface area contributed by atoms with Gasteiger partial charge in [0.1, 0.15) is 0 Å². The fourth-order valence-electron chi connectivity index (χ4n) is 3.69. The molecule has 1 aliphatic heterocycles. The van der Waals surface area contributed by atoms with Crippen LogP contribution in [0.1, 0.15) is 51.1 Å². The minimum atomic E-state index is -0.276. The van der Waals surface area contributed by atoms with Crippen LogP contribution >= 0.6 is 0 Å². The van der Waals surface area contributed by atoms with Crippen molar-refractivity contribution < 1.29 is 9.59 Å². The number of piperidine rings is 1. The number of carbonyl (C=O) groups excluding carboxylic acids is 2. The summed E-state index contributed by atoms with van der Waals surface area (Å²) in [5.41, 5.74) is 7.03. The van der Waals surface area contributed by atoms with Gasteiger partial charge in [-0.05, 0) is 25.9 Å². The highest BCUT2D eigenvalue weighted by Crippen LogP contribution is 2.32. The molecule has 0 unspecified atom stereocenters. The number of aromatic nitrogens is 2. The standard InChI is InChI=1S/C19H21N5O2/c20-18-14-15(17(26)13-7-3-2-6-12(13)16(14)25)19(23-22-18)21-8-11-24-9-4-1-5-10-24/h2-3,6-7H,1,4-5,8-11H2,(H2,20,22)(H,21,23). The van der Waals surface area contributed by atoms with Crippen LogP contribution in [-0.2, 0) is 0 Å². The van der Waals surface area contributed by atoms with E-state index in [2.05, 4.69) is 20.4 Å². The number of rotatable bonds is 4. The molecule has 0 amide bonds. The van der Waals surface area contributed by atoms with Crippen molar-refractivity contribution in [2.45, 2.75) is 19.3 Å². The van der Waals surface area contributed by atoms with Gasteiger partial charge in [0.2, 0.25) is 0 Å². The summed E-state index contributed by atoms with van der Waals surface area (Å²) in [6, 6.07) is 6.78. The van der Waals surface area contributed by atoms with Crippen molar-refractivity contribution in [2.24, 2.45) is 0 Å². The van der Waals surface area contributed by atoms with Gasteiger partial charge in [-0.2, -0.15) is 0 Å². The average molecular weight is 351 g/mol. The normalized spacial score (nSPS) is 16.9. The molecule has 0 spiro atoms. The summed E-state index contributed by atoms with van der Waals surface area (Å²) in [5, 5.41) is 11.1. The van der Waals surface area contributed by atoms with Gasteiger partial charge in [-0.25, -0.2) is 0 Å². The van der Waals surface area contributed by atoms with Gasteiger partial charge in [0.15, 0.2) is 23.2 Å². The van der Waals surface area contributed by atoms with E-state index in [1.807, 2.05) is 0 Å². The molecule has 134 valence electrons. The van der Waals surface area contributed by atoms with Crippen molar-refractivity contribution in [3.63, 3.8) is 0 Å². The van der Waals surface area contributed by atoms with E-state index in [0.717, 1.165) is 19.6 Å². The van der Waals surface area contributed by atoms with Gasteiger partial charge in [0.05, 0.1) is 11.1 Å². The Bertz CT molecular complexity index is 874. The molecule has 1 saturated heterocycles. The van der Waals surface area contributed by atoms with Crippen LogP contribution in [0.5, 0.6) is 0 Å². The van der Waals surface area contributed by atoms with Crippen LogP contribution in [0.2, 0.25) is 0 Å². The molecule has 4 rings (SSSR count). The molecule has 7 nitrogen and oxygen atoms in total. The third-order valence-corrected chi connectivity index (χ3v) is 5.04. The van der Waals surface area contributed by atoms with Crippen molar-refractivity contribution in [3.8, 4) is 0 Å². The zero-order chi connectivity index (χ0) is 18.1. The minimum Gasteiger partial charge on any atom is -0.382 e. The number of anilines is 2. The number of nitrogens with one attached hydrogen (secondary N) is 1. The van der Waals surface area contributed by atoms with E-state index in [9.17, 15) is 9.59 Å². The lowest BCUT2D eigenvalue weighted by Gasteiger charge is -2.26. The first-order valence-electron chi connectivity index (χ1n) is 8.97. The molecule has 2 heterocycles. The van der Waals surface area contributed by atoms with E-state index in [-0.39, 0.29) is 28.5 Å². The first-order chi connectivity index (χ1) is 12.7. The maximum absolute atomic E-state index is 13.0. The van der Waals surface area contributed by atoms with Crippen LogP contribution in [-0.4, -0.2) is 52.8 Å². The molecule has 1 aliphatic carbocycles. The van der Waals surface area contributed by atoms with Gasteiger partial charge >= 0.3 is 0 Å². The molecular formula is C19H21N5O2. The summed E-state index contributed by atoms with van der Waals surface area (Å²) in [5.74, 6) is -0.188. The lowest BCUT2D eigenvalue weighted by atomic mass is 9.84. The van der Waals surface area contributed by atoms with Gasteiger partial charge in [-0.3, -0.25) is 9.59 Å². The first-order valence-corrected chi connectivity index (χ1v) is 8.97. The number of nitrogens with zero attached hydrogens (tertiary/aromatic N) is 3. The van der Waals surface area contributed by atoms with E-state index in [1.165, 1.54) is 19.3 Å². The highest BCUT2D eigenvalue weighted by Gasteiger charge is 2.34. The molecular weight excluding hydrogens is 330 g/mol. The van der Waals surface area contributed by atoms with Crippen LogP contribution in [0.4, 0.5) is 11.6 Å². The van der Waals surface area contributed by atoms with Crippen molar-refractivity contribution in [2.75, 3.05) is 37.2 Å². The van der Waals surface area contributed by atoms with Crippen molar-refractivity contribution in [1.29, 1.82) is 0 Å². The maximum atomic E-state index is 13.0. The fourth-order valence-corrected chi connectivity index (χ4v) is 3.69. The molecule has 0 atom stereocenters. The third kappa shape index (κ3) is 2.84. The lowest BCUT2D eigenvalue weighted by Crippen LogP contribution is -2.34. The van der Waals surface area contributed by atoms with Gasteiger partial charge in [0, 0.05) is 24.2 Å². The molecule has 1 aromatic heterocycles. The molecule has 0 radical (unpaired) electrons. The van der Waals surface area contributed by atoms with Crippen LogP contribution in [0, 0.1) is 0 Å². The number of hydrogen-bond acceptors (Lipinski definition) is 7. The third-order valence-electron chi connectivity index (χ3n) is 5.04. The van der Waals surface area contributed by atoms with E-state index < -0.39 is 0 Å². The summed E-state index contributed by atoms with van der Waals surface area (Å²) in [4.78, 5) is 28.2. The molecule has 0 bridgehead atoms. The summed E-state index contributed by atoms with van der Waals surface area (Å²) in [6.07, 6.45) is 3.73. The number of fused-ring (bicyclic) bond motifs is 2. The number of benzene rings is 1. The van der Waals surface area contributed by atoms with E-state index in [4.69, 9.17) is 5.73 Å². The van der Waals surface area contributed by atoms with Crippen LogP contribution in [0.3, 0.4) is 0 Å². The lowest BCUT2D eigenvalue weighted by molar-refractivity contribution is 0.0979. The Labute approximate surface area is 151 Å². The zero-order valence-corrected chi connectivity index (χ0v) is 14.5. The average Bonchev–Trinajstić information content (AvgIpc) is 2.68. The molecule has 0 saturated carbocycles. The Balaban J connectivity index is 1.62. The minimum absolute atomic E-state index is 0.00515. The second kappa shape index (κ2) is 6.84. The molecule has 7 heteroatoms. The van der Waals surface area contributed by atoms with Crippen molar-refractivity contribution in [3.05, 3.63) is 46.5 Å². The summed E-state index contributed by atoms with van der Waals surface area (Å²) in [7, 11) is 0. The molecule has 1 fully saturated rings. The van der Waals surface area contributed by atoms with Crippen LogP contribution < -0.4 is 11.1 Å². The number of carbonyl (C=O) groups is 2. The highest BCUT2D eigenvalue weighted by atomic mass is 16.1. The topological polar surface area (TPSA) is 101 Å². The second-order valence-corrected chi connectivity index (χ2v) is 6.72. The molecule has 3 N–H and O–H groups in total.